The van der Waals surface area contributed by atoms with Crippen LogP contribution in [0, 0.1) is 0 Å². The number of fused-ring (bicyclic) bond motifs is 3. The molecular weight excluding hydrogens is 288 g/mol. The number of nitrogen functional groups attached to an aromatic ring is 2. The first kappa shape index (κ1) is 13.4. The molecule has 0 atom stereocenters. The van der Waals surface area contributed by atoms with Gasteiger partial charge < -0.3 is 15.9 Å². The number of rotatable bonds is 2. The lowest BCUT2D eigenvalue weighted by Crippen LogP contribution is -1.94. The minimum Gasteiger partial charge on any atom is -0.455 e. The molecule has 0 spiro atoms. The van der Waals surface area contributed by atoms with Crippen LogP contribution in [0.4, 0.5) is 11.4 Å². The second kappa shape index (κ2) is 4.88. The number of anilines is 2. The fourth-order valence-corrected chi connectivity index (χ4v) is 2.86. The Labute approximate surface area is 132 Å². The Balaban J connectivity index is 2.04. The third-order valence-electron chi connectivity index (χ3n) is 4.05. The van der Waals surface area contributed by atoms with E-state index in [4.69, 9.17) is 15.9 Å². The van der Waals surface area contributed by atoms with Gasteiger partial charge in [-0.05, 0) is 35.9 Å². The van der Waals surface area contributed by atoms with E-state index in [0.29, 0.717) is 16.9 Å². The summed E-state index contributed by atoms with van der Waals surface area (Å²) in [4.78, 5) is 11.0. The average molecular weight is 302 g/mol. The number of hydrogen-bond acceptors (Lipinski definition) is 4. The normalized spacial score (nSPS) is 11.1. The van der Waals surface area contributed by atoms with Gasteiger partial charge in [-0.25, -0.2) is 0 Å². The van der Waals surface area contributed by atoms with Crippen LogP contribution in [0.15, 0.2) is 59.0 Å². The van der Waals surface area contributed by atoms with E-state index in [1.807, 2.05) is 42.5 Å². The molecule has 1 aromatic heterocycles. The van der Waals surface area contributed by atoms with Crippen molar-refractivity contribution in [2.45, 2.75) is 0 Å². The van der Waals surface area contributed by atoms with Crippen LogP contribution >= 0.6 is 0 Å². The molecule has 1 heterocycles. The van der Waals surface area contributed by atoms with Gasteiger partial charge in [-0.2, -0.15) is 0 Å². The summed E-state index contributed by atoms with van der Waals surface area (Å²) >= 11 is 0. The second-order valence-corrected chi connectivity index (χ2v) is 5.50. The van der Waals surface area contributed by atoms with Crippen molar-refractivity contribution in [2.24, 2.45) is 0 Å². The van der Waals surface area contributed by atoms with Gasteiger partial charge in [0.05, 0.1) is 11.4 Å². The molecule has 4 rings (SSSR count). The molecule has 0 aliphatic rings. The third-order valence-corrected chi connectivity index (χ3v) is 4.05. The number of hydrogen-bond donors (Lipinski definition) is 2. The lowest BCUT2D eigenvalue weighted by Gasteiger charge is -2.06. The maximum atomic E-state index is 11.0. The van der Waals surface area contributed by atoms with Crippen molar-refractivity contribution in [2.75, 3.05) is 11.5 Å². The van der Waals surface area contributed by atoms with Crippen LogP contribution in [0.3, 0.4) is 0 Å². The summed E-state index contributed by atoms with van der Waals surface area (Å²) in [7, 11) is 0. The van der Waals surface area contributed by atoms with Crippen LogP contribution in [-0.4, -0.2) is 6.29 Å². The highest BCUT2D eigenvalue weighted by Crippen LogP contribution is 2.37. The molecule has 0 unspecified atom stereocenters. The maximum Gasteiger partial charge on any atom is 0.150 e. The van der Waals surface area contributed by atoms with E-state index in [1.165, 1.54) is 0 Å². The zero-order valence-electron chi connectivity index (χ0n) is 12.2. The van der Waals surface area contributed by atoms with Crippen LogP contribution in [0.1, 0.15) is 10.4 Å². The first-order chi connectivity index (χ1) is 11.2. The second-order valence-electron chi connectivity index (χ2n) is 5.50. The number of benzene rings is 3. The van der Waals surface area contributed by atoms with Gasteiger partial charge in [0.1, 0.15) is 17.5 Å². The molecule has 4 N–H and O–H groups in total. The molecule has 4 nitrogen and oxygen atoms in total. The molecule has 3 aromatic carbocycles. The summed E-state index contributed by atoms with van der Waals surface area (Å²) in [5.41, 5.74) is 16.8. The first-order valence-electron chi connectivity index (χ1n) is 7.23. The highest BCUT2D eigenvalue weighted by atomic mass is 16.3. The summed E-state index contributed by atoms with van der Waals surface area (Å²) in [6, 6.07) is 16.9. The zero-order valence-corrected chi connectivity index (χ0v) is 12.2. The van der Waals surface area contributed by atoms with Gasteiger partial charge in [-0.3, -0.25) is 4.79 Å². The minimum absolute atomic E-state index is 0.541. The van der Waals surface area contributed by atoms with Crippen LogP contribution in [0.5, 0.6) is 0 Å². The summed E-state index contributed by atoms with van der Waals surface area (Å²) < 4.78 is 6.02. The average Bonchev–Trinajstić information content (AvgIpc) is 2.95. The standard InChI is InChI=1S/C19H14N2O2/c20-16-6-5-12(9-17(16)21)13-2-1-3-14-15-8-11(10-22)4-7-18(15)23-19(13)14/h1-10H,20-21H2. The van der Waals surface area contributed by atoms with E-state index >= 15 is 0 Å². The van der Waals surface area contributed by atoms with Gasteiger partial charge in [0, 0.05) is 21.9 Å². The molecule has 0 saturated carbocycles. The van der Waals surface area contributed by atoms with Gasteiger partial charge in [0.25, 0.3) is 0 Å². The third kappa shape index (κ3) is 2.04. The fourth-order valence-electron chi connectivity index (χ4n) is 2.86. The van der Waals surface area contributed by atoms with Crippen LogP contribution < -0.4 is 11.5 Å². The molecule has 4 aromatic rings. The van der Waals surface area contributed by atoms with Crippen LogP contribution in [-0.2, 0) is 0 Å². The van der Waals surface area contributed by atoms with Crippen molar-refractivity contribution in [3.8, 4) is 11.1 Å². The molecule has 0 bridgehead atoms. The lowest BCUT2D eigenvalue weighted by atomic mass is 10.0. The summed E-state index contributed by atoms with van der Waals surface area (Å²) in [6.07, 6.45) is 0.836. The maximum absolute atomic E-state index is 11.0. The SMILES string of the molecule is Nc1ccc(-c2cccc3c2oc2ccc(C=O)cc23)cc1N. The van der Waals surface area contributed by atoms with E-state index in [2.05, 4.69) is 0 Å². The largest absolute Gasteiger partial charge is 0.455 e. The van der Waals surface area contributed by atoms with Gasteiger partial charge in [0.2, 0.25) is 0 Å². The number of nitrogens with two attached hydrogens (primary N) is 2. The highest BCUT2D eigenvalue weighted by Gasteiger charge is 2.13. The van der Waals surface area contributed by atoms with E-state index in [0.717, 1.165) is 39.4 Å². The van der Waals surface area contributed by atoms with Crippen molar-refractivity contribution in [1.82, 2.24) is 0 Å². The Bertz CT molecular complexity index is 1060. The van der Waals surface area contributed by atoms with E-state index in [1.54, 1.807) is 12.1 Å². The number of carbonyl (C=O) groups is 1. The van der Waals surface area contributed by atoms with Crippen molar-refractivity contribution < 1.29 is 9.21 Å². The molecule has 23 heavy (non-hydrogen) atoms. The molecule has 0 radical (unpaired) electrons. The molecule has 4 heteroatoms. The first-order valence-corrected chi connectivity index (χ1v) is 7.23. The van der Waals surface area contributed by atoms with Crippen LogP contribution in [0.2, 0.25) is 0 Å². The quantitative estimate of drug-likeness (QED) is 0.429. The summed E-state index contributed by atoms with van der Waals surface area (Å²) in [5, 5.41) is 1.89. The van der Waals surface area contributed by atoms with Gasteiger partial charge >= 0.3 is 0 Å². The molecule has 0 saturated heterocycles. The molecular formula is C19H14N2O2. The predicted octanol–water partition coefficient (Wildman–Crippen LogP) is 4.23. The Kier molecular flexibility index (Phi) is 2.84. The molecule has 0 fully saturated rings. The topological polar surface area (TPSA) is 82.2 Å². The van der Waals surface area contributed by atoms with E-state index in [9.17, 15) is 4.79 Å². The smallest absolute Gasteiger partial charge is 0.150 e. The van der Waals surface area contributed by atoms with E-state index in [-0.39, 0.29) is 0 Å². The molecule has 0 aliphatic carbocycles. The number of carbonyl (C=O) groups excluding carboxylic acids is 1. The summed E-state index contributed by atoms with van der Waals surface area (Å²) in [6.45, 7) is 0. The molecule has 0 amide bonds. The van der Waals surface area contributed by atoms with Crippen molar-refractivity contribution >= 4 is 39.6 Å². The van der Waals surface area contributed by atoms with Crippen LogP contribution in [0.25, 0.3) is 33.1 Å². The Hall–Kier alpha value is -3.27. The predicted molar refractivity (Wildman–Crippen MR) is 93.4 cm³/mol. The van der Waals surface area contributed by atoms with E-state index < -0.39 is 0 Å². The number of aldehydes is 1. The van der Waals surface area contributed by atoms with Crippen molar-refractivity contribution in [3.05, 3.63) is 60.2 Å². The van der Waals surface area contributed by atoms with Gasteiger partial charge in [-0.15, -0.1) is 0 Å². The van der Waals surface area contributed by atoms with Gasteiger partial charge in [-0.1, -0.05) is 24.3 Å². The summed E-state index contributed by atoms with van der Waals surface area (Å²) in [5.74, 6) is 0. The monoisotopic (exact) mass is 302 g/mol. The van der Waals surface area contributed by atoms with Crippen molar-refractivity contribution in [1.29, 1.82) is 0 Å². The minimum atomic E-state index is 0.541. The molecule has 112 valence electrons. The fraction of sp³-hybridized carbons (Fsp3) is 0. The zero-order chi connectivity index (χ0) is 16.0. The Morgan fingerprint density at radius 3 is 2.52 bits per heavy atom. The highest BCUT2D eigenvalue weighted by molar-refractivity contribution is 6.10. The number of para-hydroxylation sites is 1. The lowest BCUT2D eigenvalue weighted by molar-refractivity contribution is 0.112. The number of furan rings is 1. The van der Waals surface area contributed by atoms with Gasteiger partial charge in [0.15, 0.2) is 0 Å². The Morgan fingerprint density at radius 1 is 0.870 bits per heavy atom. The Morgan fingerprint density at radius 2 is 1.74 bits per heavy atom. The van der Waals surface area contributed by atoms with Crippen molar-refractivity contribution in [3.63, 3.8) is 0 Å². The molecule has 0 aliphatic heterocycles.